The van der Waals surface area contributed by atoms with Crippen LogP contribution in [0.5, 0.6) is 0 Å². The molecular formula is C16H23Cl2N5O. The molecule has 0 saturated carbocycles. The minimum absolute atomic E-state index is 0. The summed E-state index contributed by atoms with van der Waals surface area (Å²) < 4.78 is 0. The van der Waals surface area contributed by atoms with E-state index in [9.17, 15) is 4.79 Å². The maximum atomic E-state index is 12.1. The molecule has 1 atom stereocenters. The molecule has 3 heterocycles. The quantitative estimate of drug-likeness (QED) is 0.773. The summed E-state index contributed by atoms with van der Waals surface area (Å²) in [4.78, 5) is 21.7. The molecule has 3 rings (SSSR count). The van der Waals surface area contributed by atoms with Gasteiger partial charge in [-0.1, -0.05) is 25.4 Å². The number of rotatable bonds is 3. The zero-order chi connectivity index (χ0) is 16.6. The van der Waals surface area contributed by atoms with Crippen LogP contribution < -0.4 is 16.0 Å². The Kier molecular flexibility index (Phi) is 5.96. The molecule has 132 valence electrons. The Labute approximate surface area is 152 Å². The van der Waals surface area contributed by atoms with Gasteiger partial charge in [-0.2, -0.15) is 0 Å². The zero-order valence-electron chi connectivity index (χ0n) is 13.8. The van der Waals surface area contributed by atoms with Gasteiger partial charge in [-0.15, -0.1) is 12.4 Å². The molecule has 0 spiro atoms. The number of nitrogens with two attached hydrogens (primary N) is 1. The molecule has 1 aliphatic heterocycles. The summed E-state index contributed by atoms with van der Waals surface area (Å²) in [6.07, 6.45) is 5.46. The number of halogens is 2. The van der Waals surface area contributed by atoms with Crippen molar-refractivity contribution in [2.75, 3.05) is 23.3 Å². The third kappa shape index (κ3) is 3.61. The van der Waals surface area contributed by atoms with Crippen LogP contribution in [0.4, 0.5) is 11.4 Å². The van der Waals surface area contributed by atoms with Crippen LogP contribution in [-0.2, 0) is 4.79 Å². The van der Waals surface area contributed by atoms with Crippen molar-refractivity contribution in [2.45, 2.75) is 32.7 Å². The number of carbonyl (C=O) groups is 1. The van der Waals surface area contributed by atoms with Crippen LogP contribution in [0.3, 0.4) is 0 Å². The summed E-state index contributed by atoms with van der Waals surface area (Å²) in [5, 5.41) is 4.38. The lowest BCUT2D eigenvalue weighted by Gasteiger charge is -2.33. The highest BCUT2D eigenvalue weighted by Crippen LogP contribution is 2.38. The third-order valence-electron chi connectivity index (χ3n) is 4.19. The van der Waals surface area contributed by atoms with Crippen molar-refractivity contribution in [2.24, 2.45) is 11.7 Å². The molecule has 1 aliphatic rings. The lowest BCUT2D eigenvalue weighted by molar-refractivity contribution is -0.118. The molecule has 24 heavy (non-hydrogen) atoms. The van der Waals surface area contributed by atoms with Crippen LogP contribution in [-0.4, -0.2) is 35.0 Å². The molecule has 1 unspecified atom stereocenters. The highest BCUT2D eigenvalue weighted by atomic mass is 35.5. The lowest BCUT2D eigenvalue weighted by Crippen LogP contribution is -2.43. The van der Waals surface area contributed by atoms with Crippen molar-refractivity contribution in [3.8, 4) is 0 Å². The Morgan fingerprint density at radius 3 is 2.96 bits per heavy atom. The third-order valence-corrected chi connectivity index (χ3v) is 4.46. The van der Waals surface area contributed by atoms with E-state index in [4.69, 9.17) is 17.3 Å². The predicted molar refractivity (Wildman–Crippen MR) is 101 cm³/mol. The summed E-state index contributed by atoms with van der Waals surface area (Å²) in [5.41, 5.74) is 8.43. The SMILES string of the molecule is CC(C)C(=O)Nc1c[nH]c2ncc(Cl)c(N3CCCC(N)C3)c12.Cl. The maximum Gasteiger partial charge on any atom is 0.226 e. The van der Waals surface area contributed by atoms with Gasteiger partial charge in [0.25, 0.3) is 0 Å². The van der Waals surface area contributed by atoms with Gasteiger partial charge in [0.15, 0.2) is 0 Å². The standard InChI is InChI=1S/C16H22ClN5O.ClH/c1-9(2)16(23)21-12-7-20-15-13(12)14(11(17)6-19-15)22-5-3-4-10(18)8-22;/h6-7,9-10H,3-5,8,18H2,1-2H3,(H,19,20)(H,21,23);1H. The van der Waals surface area contributed by atoms with E-state index in [1.165, 1.54) is 0 Å². The first-order chi connectivity index (χ1) is 11.0. The molecule has 1 saturated heterocycles. The van der Waals surface area contributed by atoms with Gasteiger partial charge in [-0.25, -0.2) is 4.98 Å². The summed E-state index contributed by atoms with van der Waals surface area (Å²) in [5.74, 6) is -0.133. The molecule has 0 aromatic carbocycles. The number of aromatic amines is 1. The number of nitrogens with zero attached hydrogens (tertiary/aromatic N) is 2. The number of anilines is 2. The van der Waals surface area contributed by atoms with Crippen LogP contribution >= 0.6 is 24.0 Å². The fraction of sp³-hybridized carbons (Fsp3) is 0.500. The minimum atomic E-state index is -0.0982. The number of aromatic nitrogens is 2. The van der Waals surface area contributed by atoms with Gasteiger partial charge in [0.1, 0.15) is 5.65 Å². The Bertz CT molecular complexity index is 731. The molecule has 1 fully saturated rings. The summed E-state index contributed by atoms with van der Waals surface area (Å²) in [6, 6.07) is 0.135. The summed E-state index contributed by atoms with van der Waals surface area (Å²) in [7, 11) is 0. The zero-order valence-corrected chi connectivity index (χ0v) is 15.4. The molecule has 2 aromatic rings. The lowest BCUT2D eigenvalue weighted by atomic mass is 10.1. The fourth-order valence-electron chi connectivity index (χ4n) is 2.95. The Hall–Kier alpha value is -1.50. The van der Waals surface area contributed by atoms with Crippen molar-refractivity contribution >= 4 is 52.3 Å². The Balaban J connectivity index is 0.00000208. The van der Waals surface area contributed by atoms with Crippen LogP contribution in [0.15, 0.2) is 12.4 Å². The van der Waals surface area contributed by atoms with E-state index < -0.39 is 0 Å². The first-order valence-electron chi connectivity index (χ1n) is 7.94. The summed E-state index contributed by atoms with van der Waals surface area (Å²) in [6.45, 7) is 5.37. The number of hydrogen-bond donors (Lipinski definition) is 3. The van der Waals surface area contributed by atoms with Crippen molar-refractivity contribution < 1.29 is 4.79 Å². The van der Waals surface area contributed by atoms with Crippen LogP contribution in [0.2, 0.25) is 5.02 Å². The molecule has 0 radical (unpaired) electrons. The van der Waals surface area contributed by atoms with Crippen molar-refractivity contribution in [1.82, 2.24) is 9.97 Å². The number of piperidine rings is 1. The van der Waals surface area contributed by atoms with Crippen molar-refractivity contribution in [1.29, 1.82) is 0 Å². The highest BCUT2D eigenvalue weighted by molar-refractivity contribution is 6.35. The average Bonchev–Trinajstić information content (AvgIpc) is 2.90. The second kappa shape index (κ2) is 7.59. The summed E-state index contributed by atoms with van der Waals surface area (Å²) >= 11 is 6.44. The second-order valence-electron chi connectivity index (χ2n) is 6.37. The normalized spacial score (nSPS) is 17.9. The molecule has 0 aliphatic carbocycles. The largest absolute Gasteiger partial charge is 0.368 e. The molecule has 4 N–H and O–H groups in total. The van der Waals surface area contributed by atoms with E-state index in [1.807, 2.05) is 13.8 Å². The minimum Gasteiger partial charge on any atom is -0.368 e. The smallest absolute Gasteiger partial charge is 0.226 e. The molecule has 8 heteroatoms. The number of amides is 1. The number of nitrogens with one attached hydrogen (secondary N) is 2. The van der Waals surface area contributed by atoms with Crippen molar-refractivity contribution in [3.63, 3.8) is 0 Å². The molecule has 0 bridgehead atoms. The first-order valence-corrected chi connectivity index (χ1v) is 8.32. The van der Waals surface area contributed by atoms with Gasteiger partial charge in [0.05, 0.1) is 28.0 Å². The molecule has 2 aromatic heterocycles. The van der Waals surface area contributed by atoms with E-state index in [0.29, 0.717) is 16.4 Å². The van der Waals surface area contributed by atoms with Crippen LogP contribution in [0.1, 0.15) is 26.7 Å². The van der Waals surface area contributed by atoms with Gasteiger partial charge in [0.2, 0.25) is 5.91 Å². The van der Waals surface area contributed by atoms with Gasteiger partial charge in [-0.3, -0.25) is 4.79 Å². The van der Waals surface area contributed by atoms with E-state index in [-0.39, 0.29) is 30.3 Å². The van der Waals surface area contributed by atoms with E-state index in [2.05, 4.69) is 20.2 Å². The fourth-order valence-corrected chi connectivity index (χ4v) is 3.22. The maximum absolute atomic E-state index is 12.1. The predicted octanol–water partition coefficient (Wildman–Crippen LogP) is 3.16. The average molecular weight is 372 g/mol. The topological polar surface area (TPSA) is 87.0 Å². The molecular weight excluding hydrogens is 349 g/mol. The van der Waals surface area contributed by atoms with Gasteiger partial charge in [-0.05, 0) is 12.8 Å². The molecule has 6 nitrogen and oxygen atoms in total. The van der Waals surface area contributed by atoms with E-state index in [1.54, 1.807) is 12.4 Å². The first kappa shape index (κ1) is 18.8. The van der Waals surface area contributed by atoms with Gasteiger partial charge in [0, 0.05) is 31.2 Å². The van der Waals surface area contributed by atoms with E-state index >= 15 is 0 Å². The second-order valence-corrected chi connectivity index (χ2v) is 6.78. The van der Waals surface area contributed by atoms with Gasteiger partial charge < -0.3 is 20.9 Å². The highest BCUT2D eigenvalue weighted by Gasteiger charge is 2.24. The molecule has 1 amide bonds. The van der Waals surface area contributed by atoms with Crippen LogP contribution in [0, 0.1) is 5.92 Å². The number of H-pyrrole nitrogens is 1. The van der Waals surface area contributed by atoms with Crippen molar-refractivity contribution in [3.05, 3.63) is 17.4 Å². The van der Waals surface area contributed by atoms with E-state index in [0.717, 1.165) is 37.0 Å². The number of pyridine rings is 1. The number of fused-ring (bicyclic) bond motifs is 1. The number of hydrogen-bond acceptors (Lipinski definition) is 4. The Morgan fingerprint density at radius 1 is 1.54 bits per heavy atom. The van der Waals surface area contributed by atoms with Gasteiger partial charge >= 0.3 is 0 Å². The Morgan fingerprint density at radius 2 is 2.29 bits per heavy atom. The number of carbonyl (C=O) groups excluding carboxylic acids is 1. The monoisotopic (exact) mass is 371 g/mol. The van der Waals surface area contributed by atoms with Crippen LogP contribution in [0.25, 0.3) is 11.0 Å².